The number of imidazole rings is 1. The SMILES string of the molecule is O=C(c1ccc(-c2cnc3ncc(C4(c5cccc6cccnc56)CC4)n3c2)cc1)N1CC[C@H](F)C1. The first-order chi connectivity index (χ1) is 17.6. The lowest BCUT2D eigenvalue weighted by Crippen LogP contribution is -2.28. The lowest BCUT2D eigenvalue weighted by atomic mass is 9.90. The Morgan fingerprint density at radius 3 is 2.53 bits per heavy atom. The number of benzene rings is 2. The van der Waals surface area contributed by atoms with Gasteiger partial charge in [-0.2, -0.15) is 0 Å². The van der Waals surface area contributed by atoms with E-state index in [4.69, 9.17) is 4.98 Å². The number of likely N-dealkylation sites (tertiary alicyclic amines) is 1. The normalized spacial score (nSPS) is 18.7. The van der Waals surface area contributed by atoms with Crippen molar-refractivity contribution < 1.29 is 9.18 Å². The van der Waals surface area contributed by atoms with Crippen LogP contribution in [0.1, 0.15) is 40.9 Å². The number of hydrogen-bond acceptors (Lipinski definition) is 4. The zero-order valence-electron chi connectivity index (χ0n) is 19.6. The summed E-state index contributed by atoms with van der Waals surface area (Å²) in [6, 6.07) is 17.9. The van der Waals surface area contributed by atoms with E-state index in [0.29, 0.717) is 24.3 Å². The number of fused-ring (bicyclic) bond motifs is 2. The van der Waals surface area contributed by atoms with Crippen molar-refractivity contribution in [2.45, 2.75) is 30.8 Å². The first-order valence-corrected chi connectivity index (χ1v) is 12.3. The van der Waals surface area contributed by atoms with Crippen LogP contribution in [0.15, 0.2) is 79.4 Å². The van der Waals surface area contributed by atoms with Crippen molar-refractivity contribution in [2.24, 2.45) is 0 Å². The van der Waals surface area contributed by atoms with Crippen LogP contribution in [0.2, 0.25) is 0 Å². The Kier molecular flexibility index (Phi) is 4.67. The summed E-state index contributed by atoms with van der Waals surface area (Å²) in [7, 11) is 0. The number of para-hydroxylation sites is 1. The van der Waals surface area contributed by atoms with E-state index in [1.165, 1.54) is 5.56 Å². The van der Waals surface area contributed by atoms with Gasteiger partial charge in [0.05, 0.1) is 24.0 Å². The van der Waals surface area contributed by atoms with Crippen molar-refractivity contribution in [1.82, 2.24) is 24.3 Å². The van der Waals surface area contributed by atoms with Gasteiger partial charge in [0.1, 0.15) is 6.17 Å². The van der Waals surface area contributed by atoms with Gasteiger partial charge in [-0.3, -0.25) is 14.2 Å². The van der Waals surface area contributed by atoms with Crippen molar-refractivity contribution >= 4 is 22.6 Å². The van der Waals surface area contributed by atoms with E-state index in [1.807, 2.05) is 48.9 Å². The number of nitrogens with zero attached hydrogens (tertiary/aromatic N) is 5. The van der Waals surface area contributed by atoms with Crippen LogP contribution in [-0.4, -0.2) is 49.4 Å². The summed E-state index contributed by atoms with van der Waals surface area (Å²) in [5.74, 6) is 0.543. The van der Waals surface area contributed by atoms with E-state index in [2.05, 4.69) is 44.8 Å². The number of hydrogen-bond donors (Lipinski definition) is 0. The average molecular weight is 478 g/mol. The Morgan fingerprint density at radius 2 is 1.75 bits per heavy atom. The highest BCUT2D eigenvalue weighted by Gasteiger charge is 2.49. The van der Waals surface area contributed by atoms with Gasteiger partial charge in [-0.05, 0) is 48.6 Å². The summed E-state index contributed by atoms with van der Waals surface area (Å²) in [4.78, 5) is 28.2. The second-order valence-electron chi connectivity index (χ2n) is 9.83. The number of alkyl halides is 1. The summed E-state index contributed by atoms with van der Waals surface area (Å²) in [5.41, 5.74) is 5.73. The van der Waals surface area contributed by atoms with E-state index in [1.54, 1.807) is 4.90 Å². The molecule has 7 heteroatoms. The molecule has 1 atom stereocenters. The number of carbonyl (C=O) groups is 1. The van der Waals surface area contributed by atoms with E-state index in [9.17, 15) is 9.18 Å². The van der Waals surface area contributed by atoms with Crippen molar-refractivity contribution in [3.63, 3.8) is 0 Å². The Morgan fingerprint density at radius 1 is 0.944 bits per heavy atom. The zero-order valence-corrected chi connectivity index (χ0v) is 19.6. The van der Waals surface area contributed by atoms with Crippen LogP contribution in [0.25, 0.3) is 27.8 Å². The van der Waals surface area contributed by atoms with Gasteiger partial charge in [-0.1, -0.05) is 36.4 Å². The second kappa shape index (κ2) is 7.95. The Bertz CT molecular complexity index is 1620. The van der Waals surface area contributed by atoms with E-state index in [-0.39, 0.29) is 17.9 Å². The van der Waals surface area contributed by atoms with Gasteiger partial charge in [0.15, 0.2) is 0 Å². The molecule has 1 saturated carbocycles. The largest absolute Gasteiger partial charge is 0.336 e. The van der Waals surface area contributed by atoms with Crippen LogP contribution in [0.5, 0.6) is 0 Å². The van der Waals surface area contributed by atoms with Crippen LogP contribution < -0.4 is 0 Å². The predicted octanol–water partition coefficient (Wildman–Crippen LogP) is 5.21. The lowest BCUT2D eigenvalue weighted by Gasteiger charge is -2.18. The minimum absolute atomic E-state index is 0.119. The zero-order chi connectivity index (χ0) is 24.3. The lowest BCUT2D eigenvalue weighted by molar-refractivity contribution is 0.0783. The molecular weight excluding hydrogens is 453 g/mol. The van der Waals surface area contributed by atoms with Crippen LogP contribution in [0.4, 0.5) is 4.39 Å². The maximum absolute atomic E-state index is 13.5. The van der Waals surface area contributed by atoms with E-state index in [0.717, 1.165) is 40.6 Å². The maximum atomic E-state index is 13.5. The maximum Gasteiger partial charge on any atom is 0.253 e. The van der Waals surface area contributed by atoms with Crippen LogP contribution in [0.3, 0.4) is 0 Å². The van der Waals surface area contributed by atoms with Crippen molar-refractivity contribution in [1.29, 1.82) is 0 Å². The fourth-order valence-electron chi connectivity index (χ4n) is 5.55. The Labute approximate surface area is 207 Å². The first kappa shape index (κ1) is 21.2. The molecule has 2 aliphatic rings. The van der Waals surface area contributed by atoms with Crippen LogP contribution in [0, 0.1) is 0 Å². The van der Waals surface area contributed by atoms with Crippen molar-refractivity contribution in [3.8, 4) is 11.1 Å². The molecular formula is C29H24FN5O. The van der Waals surface area contributed by atoms with Gasteiger partial charge in [-0.25, -0.2) is 14.4 Å². The topological polar surface area (TPSA) is 63.4 Å². The van der Waals surface area contributed by atoms with Crippen LogP contribution in [-0.2, 0) is 5.41 Å². The molecule has 1 aliphatic carbocycles. The van der Waals surface area contributed by atoms with E-state index < -0.39 is 6.17 Å². The highest BCUT2D eigenvalue weighted by Crippen LogP contribution is 2.54. The van der Waals surface area contributed by atoms with Crippen LogP contribution >= 0.6 is 0 Å². The molecule has 3 aromatic heterocycles. The number of rotatable bonds is 4. The van der Waals surface area contributed by atoms with Gasteiger partial charge in [0.2, 0.25) is 5.78 Å². The number of carbonyl (C=O) groups excluding carboxylic acids is 1. The molecule has 36 heavy (non-hydrogen) atoms. The number of halogens is 1. The van der Waals surface area contributed by atoms with Crippen molar-refractivity contribution in [3.05, 3.63) is 96.2 Å². The molecule has 1 saturated heterocycles. The highest BCUT2D eigenvalue weighted by molar-refractivity contribution is 5.95. The molecule has 6 nitrogen and oxygen atoms in total. The standard InChI is InChI=1S/C29H24FN5O/c30-23-10-14-34(18-23)27(36)21-8-6-19(7-9-21)22-15-32-28-33-16-25(35(28)17-22)29(11-12-29)24-5-1-3-20-4-2-13-31-26(20)24/h1-9,13,15-17,23H,10-12,14,18H2/t23-/m0/s1. The molecule has 5 aromatic rings. The molecule has 0 N–H and O–H groups in total. The fraction of sp³-hybridized carbons (Fsp3) is 0.241. The molecule has 0 unspecified atom stereocenters. The fourth-order valence-corrected chi connectivity index (χ4v) is 5.55. The average Bonchev–Trinajstić information content (AvgIpc) is 3.41. The quantitative estimate of drug-likeness (QED) is 0.357. The summed E-state index contributed by atoms with van der Waals surface area (Å²) < 4.78 is 15.6. The molecule has 2 fully saturated rings. The number of aromatic nitrogens is 4. The van der Waals surface area contributed by atoms with Gasteiger partial charge in [0.25, 0.3) is 5.91 Å². The highest BCUT2D eigenvalue weighted by atomic mass is 19.1. The first-order valence-electron chi connectivity index (χ1n) is 12.3. The number of pyridine rings is 1. The Balaban J connectivity index is 1.25. The third kappa shape index (κ3) is 3.30. The van der Waals surface area contributed by atoms with Gasteiger partial charge < -0.3 is 4.90 Å². The minimum Gasteiger partial charge on any atom is -0.336 e. The van der Waals surface area contributed by atoms with Gasteiger partial charge in [0, 0.05) is 47.1 Å². The predicted molar refractivity (Wildman–Crippen MR) is 136 cm³/mol. The third-order valence-electron chi connectivity index (χ3n) is 7.64. The van der Waals surface area contributed by atoms with E-state index >= 15 is 0 Å². The molecule has 0 radical (unpaired) electrons. The van der Waals surface area contributed by atoms with Gasteiger partial charge >= 0.3 is 0 Å². The molecule has 1 amide bonds. The summed E-state index contributed by atoms with van der Waals surface area (Å²) >= 11 is 0. The minimum atomic E-state index is -0.921. The molecule has 7 rings (SSSR count). The summed E-state index contributed by atoms with van der Waals surface area (Å²) in [6.45, 7) is 0.651. The van der Waals surface area contributed by atoms with Gasteiger partial charge in [-0.15, -0.1) is 0 Å². The molecule has 178 valence electrons. The third-order valence-corrected chi connectivity index (χ3v) is 7.64. The molecule has 0 bridgehead atoms. The monoisotopic (exact) mass is 477 g/mol. The molecule has 0 spiro atoms. The summed E-state index contributed by atoms with van der Waals surface area (Å²) in [6.07, 6.45) is 9.25. The summed E-state index contributed by atoms with van der Waals surface area (Å²) in [5, 5.41) is 1.14. The smallest absolute Gasteiger partial charge is 0.253 e. The van der Waals surface area contributed by atoms with Crippen molar-refractivity contribution in [2.75, 3.05) is 13.1 Å². The second-order valence-corrected chi connectivity index (χ2v) is 9.83. The molecule has 1 aliphatic heterocycles. The molecule has 2 aromatic carbocycles. The Hall–Kier alpha value is -4.13. The molecule has 4 heterocycles. The number of amides is 1.